The molecule has 3 unspecified atom stereocenters. The van der Waals surface area contributed by atoms with E-state index < -0.39 is 35.7 Å². The Hall–Kier alpha value is -1.89. The second kappa shape index (κ2) is 29.3. The Labute approximate surface area is 283 Å². The Kier molecular flexibility index (Phi) is 28.1. The number of carbonyl (C=O) groups is 3. The lowest BCUT2D eigenvalue weighted by atomic mass is 9.95. The van der Waals surface area contributed by atoms with E-state index in [0.29, 0.717) is 25.8 Å². The SMILES string of the molecule is CCCCCCCCCCCCCCCCCCC/C=C/CCC[N+](CC(CC)C(=O)O)(CC(CC)C(=O)O)CC(CC)C(=O)O. The van der Waals surface area contributed by atoms with Crippen molar-refractivity contribution >= 4 is 17.9 Å². The summed E-state index contributed by atoms with van der Waals surface area (Å²) in [5.74, 6) is -4.59. The molecule has 0 heterocycles. The molecule has 0 fully saturated rings. The molecule has 0 aromatic rings. The molecule has 0 aliphatic carbocycles. The molecular weight excluding hydrogens is 578 g/mol. The van der Waals surface area contributed by atoms with Gasteiger partial charge in [0.1, 0.15) is 17.8 Å². The zero-order valence-corrected chi connectivity index (χ0v) is 30.5. The Morgan fingerprint density at radius 2 is 0.739 bits per heavy atom. The minimum Gasteiger partial charge on any atom is -0.481 e. The summed E-state index contributed by atoms with van der Waals surface area (Å²) in [6.45, 7) is 9.16. The van der Waals surface area contributed by atoms with Crippen molar-refractivity contribution in [3.63, 3.8) is 0 Å². The normalized spacial score (nSPS) is 15.0. The Bertz CT molecular complexity index is 738. The van der Waals surface area contributed by atoms with Gasteiger partial charge in [-0.3, -0.25) is 14.4 Å². The van der Waals surface area contributed by atoms with Gasteiger partial charge in [0.05, 0.1) is 26.2 Å². The molecule has 0 spiro atoms. The number of carboxylic acid groups (broad SMARTS) is 3. The molecule has 0 saturated carbocycles. The van der Waals surface area contributed by atoms with Crippen molar-refractivity contribution in [1.29, 1.82) is 0 Å². The molecule has 0 saturated heterocycles. The van der Waals surface area contributed by atoms with Crippen LogP contribution >= 0.6 is 0 Å². The third-order valence-electron chi connectivity index (χ3n) is 9.99. The second-order valence-electron chi connectivity index (χ2n) is 14.0. The molecule has 0 aromatic carbocycles. The molecular formula is C39H74NO6+. The predicted molar refractivity (Wildman–Crippen MR) is 191 cm³/mol. The third kappa shape index (κ3) is 22.6. The molecule has 270 valence electrons. The van der Waals surface area contributed by atoms with Crippen LogP contribution in [0.4, 0.5) is 0 Å². The van der Waals surface area contributed by atoms with Crippen molar-refractivity contribution in [2.75, 3.05) is 26.2 Å². The molecule has 46 heavy (non-hydrogen) atoms. The highest BCUT2D eigenvalue weighted by Crippen LogP contribution is 2.25. The molecule has 0 radical (unpaired) electrons. The Morgan fingerprint density at radius 3 is 1.02 bits per heavy atom. The van der Waals surface area contributed by atoms with Gasteiger partial charge in [-0.25, -0.2) is 0 Å². The first-order valence-electron chi connectivity index (χ1n) is 19.3. The van der Waals surface area contributed by atoms with Crippen molar-refractivity contribution in [1.82, 2.24) is 0 Å². The van der Waals surface area contributed by atoms with Crippen LogP contribution in [-0.4, -0.2) is 63.9 Å². The van der Waals surface area contributed by atoms with Crippen LogP contribution < -0.4 is 0 Å². The summed E-state index contributed by atoms with van der Waals surface area (Å²) >= 11 is 0. The number of rotatable bonds is 34. The molecule has 0 aromatic heterocycles. The first kappa shape index (κ1) is 44.1. The lowest BCUT2D eigenvalue weighted by molar-refractivity contribution is -0.935. The van der Waals surface area contributed by atoms with E-state index in [2.05, 4.69) is 19.1 Å². The Balaban J connectivity index is 4.49. The highest BCUT2D eigenvalue weighted by Gasteiger charge is 2.40. The summed E-state index contributed by atoms with van der Waals surface area (Å²) in [6.07, 6.45) is 31.7. The molecule has 0 rings (SSSR count). The number of nitrogens with zero attached hydrogens (tertiary/aromatic N) is 1. The number of aliphatic carboxylic acids is 3. The number of hydrogen-bond donors (Lipinski definition) is 3. The van der Waals surface area contributed by atoms with Gasteiger partial charge in [0.15, 0.2) is 0 Å². The van der Waals surface area contributed by atoms with Gasteiger partial charge < -0.3 is 19.8 Å². The van der Waals surface area contributed by atoms with E-state index >= 15 is 0 Å². The second-order valence-corrected chi connectivity index (χ2v) is 14.0. The fourth-order valence-electron chi connectivity index (χ4n) is 6.81. The number of carboxylic acids is 3. The van der Waals surface area contributed by atoms with Gasteiger partial charge in [-0.1, -0.05) is 143 Å². The molecule has 3 N–H and O–H groups in total. The van der Waals surface area contributed by atoms with Crippen LogP contribution in [0.25, 0.3) is 0 Å². The van der Waals surface area contributed by atoms with Crippen LogP contribution in [0.15, 0.2) is 12.2 Å². The fraction of sp³-hybridized carbons (Fsp3) is 0.872. The first-order valence-corrected chi connectivity index (χ1v) is 19.3. The van der Waals surface area contributed by atoms with Gasteiger partial charge in [0.25, 0.3) is 0 Å². The van der Waals surface area contributed by atoms with Crippen LogP contribution in [0, 0.1) is 17.8 Å². The van der Waals surface area contributed by atoms with Crippen LogP contribution in [0.3, 0.4) is 0 Å². The van der Waals surface area contributed by atoms with Crippen molar-refractivity contribution in [2.24, 2.45) is 17.8 Å². The van der Waals surface area contributed by atoms with Crippen molar-refractivity contribution < 1.29 is 34.2 Å². The monoisotopic (exact) mass is 653 g/mol. The fourth-order valence-corrected chi connectivity index (χ4v) is 6.81. The van der Waals surface area contributed by atoms with Crippen LogP contribution in [0.2, 0.25) is 0 Å². The number of unbranched alkanes of at least 4 members (excludes halogenated alkanes) is 18. The molecule has 0 aliphatic heterocycles. The maximum atomic E-state index is 12.0. The lowest BCUT2D eigenvalue weighted by Crippen LogP contribution is -2.58. The van der Waals surface area contributed by atoms with E-state index in [1.54, 1.807) is 0 Å². The zero-order chi connectivity index (χ0) is 34.5. The smallest absolute Gasteiger partial charge is 0.312 e. The van der Waals surface area contributed by atoms with E-state index in [1.165, 1.54) is 109 Å². The van der Waals surface area contributed by atoms with Gasteiger partial charge in [-0.15, -0.1) is 0 Å². The summed E-state index contributed by atoms with van der Waals surface area (Å²) < 4.78 is 0.230. The van der Waals surface area contributed by atoms with Gasteiger partial charge in [-0.05, 0) is 38.5 Å². The summed E-state index contributed by atoms with van der Waals surface area (Å²) in [5, 5.41) is 29.5. The first-order chi connectivity index (χ1) is 22.2. The summed E-state index contributed by atoms with van der Waals surface area (Å²) in [5.41, 5.74) is 0. The molecule has 0 bridgehead atoms. The van der Waals surface area contributed by atoms with E-state index in [9.17, 15) is 29.7 Å². The van der Waals surface area contributed by atoms with Gasteiger partial charge >= 0.3 is 17.9 Å². The number of hydrogen-bond acceptors (Lipinski definition) is 3. The molecule has 7 heteroatoms. The average Bonchev–Trinajstić information content (AvgIpc) is 3.03. The maximum Gasteiger partial charge on any atom is 0.312 e. The van der Waals surface area contributed by atoms with E-state index in [0.717, 1.165) is 19.3 Å². The molecule has 3 atom stereocenters. The summed E-state index contributed by atoms with van der Waals surface area (Å²) in [7, 11) is 0. The lowest BCUT2D eigenvalue weighted by Gasteiger charge is -2.43. The summed E-state index contributed by atoms with van der Waals surface area (Å²) in [6, 6.07) is 0. The van der Waals surface area contributed by atoms with Crippen LogP contribution in [-0.2, 0) is 14.4 Å². The average molecular weight is 653 g/mol. The van der Waals surface area contributed by atoms with Crippen LogP contribution in [0.1, 0.15) is 175 Å². The topological polar surface area (TPSA) is 112 Å². The zero-order valence-electron chi connectivity index (χ0n) is 30.5. The van der Waals surface area contributed by atoms with E-state index in [-0.39, 0.29) is 24.1 Å². The minimum absolute atomic E-state index is 0.230. The maximum absolute atomic E-state index is 12.0. The molecule has 0 aliphatic rings. The molecule has 0 amide bonds. The largest absolute Gasteiger partial charge is 0.481 e. The summed E-state index contributed by atoms with van der Waals surface area (Å²) in [4.78, 5) is 36.0. The number of quaternary nitrogens is 1. The highest BCUT2D eigenvalue weighted by molar-refractivity contribution is 5.71. The van der Waals surface area contributed by atoms with Crippen LogP contribution in [0.5, 0.6) is 0 Å². The molecule has 7 nitrogen and oxygen atoms in total. The third-order valence-corrected chi connectivity index (χ3v) is 9.99. The van der Waals surface area contributed by atoms with Crippen molar-refractivity contribution in [2.45, 2.75) is 175 Å². The predicted octanol–water partition coefficient (Wildman–Crippen LogP) is 10.5. The number of allylic oxidation sites excluding steroid dienone is 2. The minimum atomic E-state index is -0.897. The van der Waals surface area contributed by atoms with Gasteiger partial charge in [0, 0.05) is 6.42 Å². The highest BCUT2D eigenvalue weighted by atomic mass is 16.4. The van der Waals surface area contributed by atoms with Gasteiger partial charge in [-0.2, -0.15) is 0 Å². The Morgan fingerprint density at radius 1 is 0.457 bits per heavy atom. The quantitative estimate of drug-likeness (QED) is 0.0362. The van der Waals surface area contributed by atoms with E-state index in [1.807, 2.05) is 20.8 Å². The van der Waals surface area contributed by atoms with Crippen molar-refractivity contribution in [3.8, 4) is 0 Å². The van der Waals surface area contributed by atoms with Crippen molar-refractivity contribution in [3.05, 3.63) is 12.2 Å². The van der Waals surface area contributed by atoms with E-state index in [4.69, 9.17) is 0 Å². The van der Waals surface area contributed by atoms with Gasteiger partial charge in [0.2, 0.25) is 0 Å². The standard InChI is InChI=1S/C39H73NO6/c1-5-9-10-11-12-13-14-15-16-17-18-19-20-21-22-23-24-25-26-27-28-29-30-40(31-34(6-2)37(41)42,32-35(7-3)38(43)44)33-36(8-4)39(45)46/h26-27,34-36H,5-25,28-33H2,1-4H3,(H2-,41,42,43,44,45,46)/p+1/b27-26+.